The highest BCUT2D eigenvalue weighted by molar-refractivity contribution is 4.78. The molecule has 74 valence electrons. The zero-order chi connectivity index (χ0) is 9.68. The Hall–Kier alpha value is -0.860. The molecule has 1 fully saturated rings. The van der Waals surface area contributed by atoms with Gasteiger partial charge in [0.25, 0.3) is 0 Å². The maximum atomic E-state index is 10.7. The van der Waals surface area contributed by atoms with Crippen molar-refractivity contribution in [1.29, 1.82) is 0 Å². The van der Waals surface area contributed by atoms with E-state index >= 15 is 0 Å². The second-order valence-corrected chi connectivity index (χ2v) is 3.76. The average Bonchev–Trinajstić information content (AvgIpc) is 2.15. The van der Waals surface area contributed by atoms with E-state index in [1.54, 1.807) is 0 Å². The molecule has 3 nitrogen and oxygen atoms in total. The monoisotopic (exact) mass is 183 g/mol. The number of hydrogen-bond donors (Lipinski definition) is 0. The second kappa shape index (κ2) is 5.00. The van der Waals surface area contributed by atoms with Gasteiger partial charge in [-0.2, -0.15) is 0 Å². The quantitative estimate of drug-likeness (QED) is 0.382. The highest BCUT2D eigenvalue weighted by Crippen LogP contribution is 2.29. The molecule has 0 aromatic rings. The van der Waals surface area contributed by atoms with E-state index in [4.69, 9.17) is 0 Å². The molecule has 3 heteroatoms. The summed E-state index contributed by atoms with van der Waals surface area (Å²) < 4.78 is 0. The summed E-state index contributed by atoms with van der Waals surface area (Å²) in [6.45, 7) is 3.65. The Morgan fingerprint density at radius 3 is 2.77 bits per heavy atom. The van der Waals surface area contributed by atoms with Gasteiger partial charge in [-0.15, -0.1) is 6.58 Å². The Morgan fingerprint density at radius 2 is 2.15 bits per heavy atom. The van der Waals surface area contributed by atoms with E-state index in [1.807, 2.05) is 6.08 Å². The number of hydrogen-bond acceptors (Lipinski definition) is 2. The van der Waals surface area contributed by atoms with Crippen molar-refractivity contribution in [2.24, 2.45) is 5.92 Å². The number of nitro groups is 1. The lowest BCUT2D eigenvalue weighted by Crippen LogP contribution is -2.32. The third kappa shape index (κ3) is 2.83. The predicted molar refractivity (Wildman–Crippen MR) is 52.2 cm³/mol. The normalized spacial score (nSPS) is 28.3. The van der Waals surface area contributed by atoms with Crippen LogP contribution in [-0.2, 0) is 0 Å². The highest BCUT2D eigenvalue weighted by atomic mass is 16.6. The van der Waals surface area contributed by atoms with Crippen LogP contribution >= 0.6 is 0 Å². The van der Waals surface area contributed by atoms with Crippen LogP contribution in [0, 0.1) is 16.0 Å². The summed E-state index contributed by atoms with van der Waals surface area (Å²) in [6.07, 6.45) is 7.69. The van der Waals surface area contributed by atoms with Crippen LogP contribution in [0.25, 0.3) is 0 Å². The van der Waals surface area contributed by atoms with E-state index in [-0.39, 0.29) is 11.0 Å². The van der Waals surface area contributed by atoms with Gasteiger partial charge in [0.1, 0.15) is 0 Å². The molecular formula is C10H17NO2. The molecule has 1 rings (SSSR count). The summed E-state index contributed by atoms with van der Waals surface area (Å²) in [7, 11) is 0. The summed E-state index contributed by atoms with van der Waals surface area (Å²) in [5, 5.41) is 10.7. The van der Waals surface area contributed by atoms with Crippen LogP contribution in [0.5, 0.6) is 0 Å². The van der Waals surface area contributed by atoms with Crippen molar-refractivity contribution in [3.8, 4) is 0 Å². The molecule has 0 N–H and O–H groups in total. The molecule has 0 aliphatic heterocycles. The summed E-state index contributed by atoms with van der Waals surface area (Å²) in [4.78, 5) is 10.6. The molecule has 0 heterocycles. The minimum Gasteiger partial charge on any atom is -0.264 e. The largest absolute Gasteiger partial charge is 0.264 e. The summed E-state index contributed by atoms with van der Waals surface area (Å²) in [5.41, 5.74) is 0. The van der Waals surface area contributed by atoms with Crippen molar-refractivity contribution in [1.82, 2.24) is 0 Å². The van der Waals surface area contributed by atoms with Gasteiger partial charge in [-0.3, -0.25) is 10.1 Å². The minimum absolute atomic E-state index is 0.0904. The van der Waals surface area contributed by atoms with E-state index in [1.165, 1.54) is 0 Å². The lowest BCUT2D eigenvalue weighted by atomic mass is 9.82. The Kier molecular flexibility index (Phi) is 3.93. The van der Waals surface area contributed by atoms with Crippen LogP contribution in [0.15, 0.2) is 12.7 Å². The molecule has 0 aromatic heterocycles. The van der Waals surface area contributed by atoms with Gasteiger partial charge in [0, 0.05) is 17.3 Å². The molecule has 2 unspecified atom stereocenters. The van der Waals surface area contributed by atoms with Crippen LogP contribution < -0.4 is 0 Å². The van der Waals surface area contributed by atoms with Gasteiger partial charge in [0.15, 0.2) is 0 Å². The highest BCUT2D eigenvalue weighted by Gasteiger charge is 2.32. The molecule has 0 aromatic carbocycles. The molecule has 1 saturated carbocycles. The third-order valence-corrected chi connectivity index (χ3v) is 2.88. The smallest absolute Gasteiger partial charge is 0.215 e. The van der Waals surface area contributed by atoms with Gasteiger partial charge in [-0.25, -0.2) is 0 Å². The second-order valence-electron chi connectivity index (χ2n) is 3.76. The molecule has 0 bridgehead atoms. The molecule has 2 atom stereocenters. The first-order valence-electron chi connectivity index (χ1n) is 5.00. The Morgan fingerprint density at radius 1 is 1.46 bits per heavy atom. The SMILES string of the molecule is C=CCCC1CCCCC1[N+](=O)[O-]. The number of nitrogens with zero attached hydrogens (tertiary/aromatic N) is 1. The predicted octanol–water partition coefficient (Wildman–Crippen LogP) is 2.79. The molecule has 0 amide bonds. The standard InChI is InChI=1S/C10H17NO2/c1-2-3-6-9-7-4-5-8-10(9)11(12)13/h2,9-10H,1,3-8H2. The zero-order valence-electron chi connectivity index (χ0n) is 7.95. The van der Waals surface area contributed by atoms with E-state index in [0.717, 1.165) is 38.5 Å². The fraction of sp³-hybridized carbons (Fsp3) is 0.800. The zero-order valence-corrected chi connectivity index (χ0v) is 7.95. The Balaban J connectivity index is 2.46. The fourth-order valence-electron chi connectivity index (χ4n) is 2.13. The van der Waals surface area contributed by atoms with Crippen molar-refractivity contribution in [2.45, 2.75) is 44.6 Å². The van der Waals surface area contributed by atoms with Crippen molar-refractivity contribution in [3.05, 3.63) is 22.8 Å². The summed E-state index contributed by atoms with van der Waals surface area (Å²) in [6, 6.07) is -0.284. The number of rotatable bonds is 4. The first-order chi connectivity index (χ1) is 6.25. The first kappa shape index (κ1) is 10.2. The summed E-state index contributed by atoms with van der Waals surface area (Å²) >= 11 is 0. The van der Waals surface area contributed by atoms with Crippen LogP contribution in [0.2, 0.25) is 0 Å². The lowest BCUT2D eigenvalue weighted by molar-refractivity contribution is -0.535. The first-order valence-corrected chi connectivity index (χ1v) is 5.00. The van der Waals surface area contributed by atoms with Crippen LogP contribution in [0.1, 0.15) is 38.5 Å². The maximum absolute atomic E-state index is 10.7. The minimum atomic E-state index is -0.284. The summed E-state index contributed by atoms with van der Waals surface area (Å²) in [5.74, 6) is 0.293. The van der Waals surface area contributed by atoms with Gasteiger partial charge in [0.05, 0.1) is 0 Å². The molecule has 1 aliphatic carbocycles. The molecule has 0 radical (unpaired) electrons. The molecule has 1 aliphatic rings. The van der Waals surface area contributed by atoms with E-state index in [0.29, 0.717) is 5.92 Å². The van der Waals surface area contributed by atoms with Gasteiger partial charge in [-0.05, 0) is 25.7 Å². The Labute approximate surface area is 79.0 Å². The van der Waals surface area contributed by atoms with Gasteiger partial charge < -0.3 is 0 Å². The van der Waals surface area contributed by atoms with Gasteiger partial charge in [-0.1, -0.05) is 12.5 Å². The van der Waals surface area contributed by atoms with Crippen LogP contribution in [0.4, 0.5) is 0 Å². The number of allylic oxidation sites excluding steroid dienone is 1. The van der Waals surface area contributed by atoms with Gasteiger partial charge in [0.2, 0.25) is 6.04 Å². The molecule has 0 saturated heterocycles. The lowest BCUT2D eigenvalue weighted by Gasteiger charge is -2.24. The van der Waals surface area contributed by atoms with Crippen molar-refractivity contribution < 1.29 is 4.92 Å². The molecule has 0 spiro atoms. The van der Waals surface area contributed by atoms with Crippen molar-refractivity contribution in [3.63, 3.8) is 0 Å². The Bertz CT molecular complexity index is 191. The van der Waals surface area contributed by atoms with Crippen LogP contribution in [0.3, 0.4) is 0 Å². The topological polar surface area (TPSA) is 43.1 Å². The van der Waals surface area contributed by atoms with Crippen LogP contribution in [-0.4, -0.2) is 11.0 Å². The fourth-order valence-corrected chi connectivity index (χ4v) is 2.13. The maximum Gasteiger partial charge on any atom is 0.215 e. The van der Waals surface area contributed by atoms with E-state index < -0.39 is 0 Å². The van der Waals surface area contributed by atoms with E-state index in [9.17, 15) is 10.1 Å². The van der Waals surface area contributed by atoms with Crippen molar-refractivity contribution >= 4 is 0 Å². The molecule has 13 heavy (non-hydrogen) atoms. The van der Waals surface area contributed by atoms with Gasteiger partial charge >= 0.3 is 0 Å². The average molecular weight is 183 g/mol. The molecular weight excluding hydrogens is 166 g/mol. The third-order valence-electron chi connectivity index (χ3n) is 2.88. The van der Waals surface area contributed by atoms with Crippen molar-refractivity contribution in [2.75, 3.05) is 0 Å². The van der Waals surface area contributed by atoms with E-state index in [2.05, 4.69) is 6.58 Å².